The average Bonchev–Trinajstić information content (AvgIpc) is 2.14. The van der Waals surface area contributed by atoms with Gasteiger partial charge in [-0.15, -0.1) is 0 Å². The maximum Gasteiger partial charge on any atom is 0.128 e. The fraction of sp³-hybridized carbons (Fsp3) is 0.600. The van der Waals surface area contributed by atoms with Gasteiger partial charge >= 0.3 is 0 Å². The maximum absolute atomic E-state index is 6.31. The summed E-state index contributed by atoms with van der Waals surface area (Å²) in [4.78, 5) is 0. The second kappa shape index (κ2) is 4.02. The zero-order valence-corrected chi connectivity index (χ0v) is 11.5. The van der Waals surface area contributed by atoms with Crippen LogP contribution in [0.5, 0.6) is 5.75 Å². The molecular weight excluding hydrogens is 210 g/mol. The van der Waals surface area contributed by atoms with Crippen LogP contribution in [0.1, 0.15) is 62.8 Å². The molecule has 2 N–H and O–H groups in total. The molecule has 0 aliphatic carbocycles. The molecule has 1 atom stereocenters. The number of ether oxygens (including phenoxy) is 1. The SMILES string of the molecule is Cc1ccc(C(C)C)c2c1C(N)CC(C)(C)O2. The van der Waals surface area contributed by atoms with Crippen molar-refractivity contribution >= 4 is 0 Å². The van der Waals surface area contributed by atoms with Gasteiger partial charge in [0.05, 0.1) is 0 Å². The van der Waals surface area contributed by atoms with E-state index < -0.39 is 0 Å². The zero-order valence-electron chi connectivity index (χ0n) is 11.5. The minimum atomic E-state index is -0.163. The van der Waals surface area contributed by atoms with Gasteiger partial charge in [0.15, 0.2) is 0 Å². The molecule has 0 spiro atoms. The summed E-state index contributed by atoms with van der Waals surface area (Å²) in [7, 11) is 0. The van der Waals surface area contributed by atoms with E-state index in [0.29, 0.717) is 5.92 Å². The van der Waals surface area contributed by atoms with E-state index in [1.165, 1.54) is 16.7 Å². The van der Waals surface area contributed by atoms with E-state index in [1.807, 2.05) is 0 Å². The quantitative estimate of drug-likeness (QED) is 0.803. The molecule has 2 heteroatoms. The van der Waals surface area contributed by atoms with Crippen molar-refractivity contribution in [2.24, 2.45) is 5.73 Å². The van der Waals surface area contributed by atoms with Gasteiger partial charge in [0, 0.05) is 18.0 Å². The van der Waals surface area contributed by atoms with Gasteiger partial charge in [-0.1, -0.05) is 26.0 Å². The van der Waals surface area contributed by atoms with E-state index in [9.17, 15) is 0 Å². The molecule has 2 nitrogen and oxygen atoms in total. The van der Waals surface area contributed by atoms with Crippen molar-refractivity contribution in [2.45, 2.75) is 58.6 Å². The highest BCUT2D eigenvalue weighted by Crippen LogP contribution is 2.44. The summed E-state index contributed by atoms with van der Waals surface area (Å²) in [6.45, 7) is 10.7. The fourth-order valence-electron chi connectivity index (χ4n) is 2.69. The van der Waals surface area contributed by atoms with Crippen LogP contribution < -0.4 is 10.5 Å². The first-order chi connectivity index (χ1) is 7.82. The molecule has 1 heterocycles. The number of benzene rings is 1. The predicted octanol–water partition coefficient (Wildman–Crippen LogP) is 3.68. The molecule has 17 heavy (non-hydrogen) atoms. The molecule has 94 valence electrons. The molecule has 1 aliphatic heterocycles. The van der Waals surface area contributed by atoms with Crippen LogP contribution in [0.3, 0.4) is 0 Å². The zero-order chi connectivity index (χ0) is 12.8. The molecule has 0 fully saturated rings. The standard InChI is InChI=1S/C15H23NO/c1-9(2)11-7-6-10(3)13-12(16)8-15(4,5)17-14(11)13/h6-7,9,12H,8,16H2,1-5H3. The predicted molar refractivity (Wildman–Crippen MR) is 71.5 cm³/mol. The van der Waals surface area contributed by atoms with Crippen molar-refractivity contribution in [1.82, 2.24) is 0 Å². The highest BCUT2D eigenvalue weighted by atomic mass is 16.5. The summed E-state index contributed by atoms with van der Waals surface area (Å²) >= 11 is 0. The van der Waals surface area contributed by atoms with Gasteiger partial charge in [0.25, 0.3) is 0 Å². The van der Waals surface area contributed by atoms with Crippen LogP contribution in [0, 0.1) is 6.92 Å². The van der Waals surface area contributed by atoms with Crippen molar-refractivity contribution < 1.29 is 4.74 Å². The van der Waals surface area contributed by atoms with Crippen molar-refractivity contribution in [1.29, 1.82) is 0 Å². The van der Waals surface area contributed by atoms with Gasteiger partial charge in [0.1, 0.15) is 11.4 Å². The number of rotatable bonds is 1. The first-order valence-corrected chi connectivity index (χ1v) is 6.40. The second-order valence-electron chi connectivity index (χ2n) is 6.04. The van der Waals surface area contributed by atoms with Crippen molar-refractivity contribution in [3.8, 4) is 5.75 Å². The summed E-state index contributed by atoms with van der Waals surface area (Å²) in [5, 5.41) is 0. The number of nitrogens with two attached hydrogens (primary N) is 1. The van der Waals surface area contributed by atoms with Gasteiger partial charge in [-0.2, -0.15) is 0 Å². The molecule has 1 aromatic rings. The van der Waals surface area contributed by atoms with Crippen LogP contribution >= 0.6 is 0 Å². The van der Waals surface area contributed by atoms with Gasteiger partial charge < -0.3 is 10.5 Å². The maximum atomic E-state index is 6.31. The number of hydrogen-bond acceptors (Lipinski definition) is 2. The van der Waals surface area contributed by atoms with Crippen LogP contribution in [0.2, 0.25) is 0 Å². The lowest BCUT2D eigenvalue weighted by molar-refractivity contribution is 0.0709. The fourth-order valence-corrected chi connectivity index (χ4v) is 2.69. The summed E-state index contributed by atoms with van der Waals surface area (Å²) in [6, 6.07) is 4.43. The van der Waals surface area contributed by atoms with Crippen molar-refractivity contribution in [2.75, 3.05) is 0 Å². The van der Waals surface area contributed by atoms with Crippen molar-refractivity contribution in [3.05, 3.63) is 28.8 Å². The Bertz CT molecular complexity index is 435. The van der Waals surface area contributed by atoms with E-state index in [-0.39, 0.29) is 11.6 Å². The molecule has 0 saturated heterocycles. The lowest BCUT2D eigenvalue weighted by Crippen LogP contribution is -2.38. The Morgan fingerprint density at radius 1 is 1.35 bits per heavy atom. The van der Waals surface area contributed by atoms with Crippen LogP contribution in [-0.2, 0) is 0 Å². The molecular formula is C15H23NO. The van der Waals surface area contributed by atoms with E-state index in [1.54, 1.807) is 0 Å². The Hall–Kier alpha value is -1.02. The van der Waals surface area contributed by atoms with Gasteiger partial charge in [-0.25, -0.2) is 0 Å². The summed E-state index contributed by atoms with van der Waals surface area (Å²) in [6.07, 6.45) is 0.877. The molecule has 0 aromatic heterocycles. The first kappa shape index (κ1) is 12.4. The Morgan fingerprint density at radius 3 is 2.59 bits per heavy atom. The molecule has 1 unspecified atom stereocenters. The number of fused-ring (bicyclic) bond motifs is 1. The van der Waals surface area contributed by atoms with Crippen LogP contribution in [-0.4, -0.2) is 5.60 Å². The minimum absolute atomic E-state index is 0.0902. The normalized spacial score (nSPS) is 22.2. The van der Waals surface area contributed by atoms with E-state index in [0.717, 1.165) is 12.2 Å². The molecule has 2 rings (SSSR count). The Morgan fingerprint density at radius 2 is 2.00 bits per heavy atom. The Kier molecular flexibility index (Phi) is 2.94. The smallest absolute Gasteiger partial charge is 0.128 e. The largest absolute Gasteiger partial charge is 0.487 e. The van der Waals surface area contributed by atoms with Crippen LogP contribution in [0.25, 0.3) is 0 Å². The summed E-state index contributed by atoms with van der Waals surface area (Å²) < 4.78 is 6.18. The third-order valence-corrected chi connectivity index (χ3v) is 3.53. The third-order valence-electron chi connectivity index (χ3n) is 3.53. The Balaban J connectivity index is 2.61. The summed E-state index contributed by atoms with van der Waals surface area (Å²) in [5.74, 6) is 1.49. The van der Waals surface area contributed by atoms with Crippen molar-refractivity contribution in [3.63, 3.8) is 0 Å². The molecule has 0 radical (unpaired) electrons. The van der Waals surface area contributed by atoms with Gasteiger partial charge in [-0.05, 0) is 37.8 Å². The highest BCUT2D eigenvalue weighted by molar-refractivity contribution is 5.50. The molecule has 0 amide bonds. The van der Waals surface area contributed by atoms with Crippen LogP contribution in [0.15, 0.2) is 12.1 Å². The van der Waals surface area contributed by atoms with E-state index in [2.05, 4.69) is 46.8 Å². The summed E-state index contributed by atoms with van der Waals surface area (Å²) in [5.41, 5.74) is 9.87. The molecule has 1 aliphatic rings. The average molecular weight is 233 g/mol. The highest BCUT2D eigenvalue weighted by Gasteiger charge is 2.34. The van der Waals surface area contributed by atoms with Gasteiger partial charge in [0.2, 0.25) is 0 Å². The lowest BCUT2D eigenvalue weighted by Gasteiger charge is -2.38. The molecule has 1 aromatic carbocycles. The molecule has 0 bridgehead atoms. The topological polar surface area (TPSA) is 35.2 Å². The Labute approximate surface area is 104 Å². The monoisotopic (exact) mass is 233 g/mol. The van der Waals surface area contributed by atoms with Crippen LogP contribution in [0.4, 0.5) is 0 Å². The van der Waals surface area contributed by atoms with E-state index >= 15 is 0 Å². The van der Waals surface area contributed by atoms with Gasteiger partial charge in [-0.3, -0.25) is 0 Å². The lowest BCUT2D eigenvalue weighted by atomic mass is 9.85. The third kappa shape index (κ3) is 2.19. The van der Waals surface area contributed by atoms with E-state index in [4.69, 9.17) is 10.5 Å². The number of hydrogen-bond donors (Lipinski definition) is 1. The molecule has 0 saturated carbocycles. The second-order valence-corrected chi connectivity index (χ2v) is 6.04. The number of aryl methyl sites for hydroxylation is 1. The minimum Gasteiger partial charge on any atom is -0.487 e. The first-order valence-electron chi connectivity index (χ1n) is 6.40.